The smallest absolute Gasteiger partial charge is 0.222 e. The van der Waals surface area contributed by atoms with Crippen molar-refractivity contribution in [1.29, 1.82) is 0 Å². The summed E-state index contributed by atoms with van der Waals surface area (Å²) < 4.78 is 24.3. The van der Waals surface area contributed by atoms with Gasteiger partial charge in [-0.1, -0.05) is 0 Å². The van der Waals surface area contributed by atoms with E-state index in [1.807, 2.05) is 0 Å². The van der Waals surface area contributed by atoms with Crippen LogP contribution in [0.15, 0.2) is 0 Å². The number of sulfonamides is 1. The Labute approximate surface area is 99.2 Å². The second-order valence-electron chi connectivity index (χ2n) is 4.05. The van der Waals surface area contributed by atoms with Gasteiger partial charge in [0.1, 0.15) is 5.82 Å². The molecule has 0 spiro atoms. The van der Waals surface area contributed by atoms with Crippen LogP contribution < -0.4 is 5.32 Å². The molecular formula is C9H14N4O3S. The Morgan fingerprint density at radius 3 is 2.82 bits per heavy atom. The number of hydrogen-bond acceptors (Lipinski definition) is 4. The molecule has 0 saturated carbocycles. The topological polar surface area (TPSA) is 95.2 Å². The quantitative estimate of drug-likeness (QED) is 0.760. The van der Waals surface area contributed by atoms with E-state index in [1.165, 1.54) is 17.5 Å². The molecule has 17 heavy (non-hydrogen) atoms. The number of nitrogens with one attached hydrogen (secondary N) is 2. The van der Waals surface area contributed by atoms with Crippen LogP contribution in [0.3, 0.4) is 0 Å². The molecule has 1 amide bonds. The fourth-order valence-electron chi connectivity index (χ4n) is 1.83. The van der Waals surface area contributed by atoms with Crippen molar-refractivity contribution in [2.45, 2.75) is 19.9 Å². The van der Waals surface area contributed by atoms with E-state index in [9.17, 15) is 13.2 Å². The molecule has 8 heteroatoms. The van der Waals surface area contributed by atoms with E-state index in [0.29, 0.717) is 18.8 Å². The molecule has 0 aliphatic carbocycles. The van der Waals surface area contributed by atoms with Crippen molar-refractivity contribution in [1.82, 2.24) is 14.5 Å². The second kappa shape index (κ2) is 4.11. The molecule has 1 aliphatic heterocycles. The number of rotatable bonds is 2. The Bertz CT molecular complexity index is 549. The molecule has 1 aliphatic rings. The van der Waals surface area contributed by atoms with Gasteiger partial charge in [0, 0.05) is 32.0 Å². The summed E-state index contributed by atoms with van der Waals surface area (Å²) >= 11 is 0. The second-order valence-corrected chi connectivity index (χ2v) is 6.03. The molecule has 1 aromatic heterocycles. The van der Waals surface area contributed by atoms with Crippen molar-refractivity contribution < 1.29 is 13.2 Å². The highest BCUT2D eigenvalue weighted by molar-refractivity contribution is 7.88. The average molecular weight is 258 g/mol. The molecule has 0 saturated heterocycles. The lowest BCUT2D eigenvalue weighted by molar-refractivity contribution is -0.114. The maximum Gasteiger partial charge on any atom is 0.222 e. The summed E-state index contributed by atoms with van der Waals surface area (Å²) in [5.74, 6) is 0.272. The van der Waals surface area contributed by atoms with Crippen LogP contribution in [-0.4, -0.2) is 41.6 Å². The van der Waals surface area contributed by atoms with Crippen molar-refractivity contribution in [3.05, 3.63) is 11.3 Å². The average Bonchev–Trinajstić information content (AvgIpc) is 2.59. The van der Waals surface area contributed by atoms with Gasteiger partial charge in [0.2, 0.25) is 15.9 Å². The van der Waals surface area contributed by atoms with Crippen LogP contribution in [0.1, 0.15) is 18.2 Å². The lowest BCUT2D eigenvalue weighted by Gasteiger charge is -2.24. The molecule has 0 fully saturated rings. The van der Waals surface area contributed by atoms with E-state index in [0.717, 1.165) is 11.3 Å². The summed E-state index contributed by atoms with van der Waals surface area (Å²) in [4.78, 5) is 11.0. The SMILES string of the molecule is CC(=O)Nc1[nH]nc2c1CN(S(C)(=O)=O)CC2. The standard InChI is InChI=1S/C9H14N4O3S/c1-6(14)10-9-7-5-13(17(2,15)16)4-3-8(7)11-12-9/h3-5H2,1-2H3,(H2,10,11,12,14). The van der Waals surface area contributed by atoms with Gasteiger partial charge in [0.25, 0.3) is 0 Å². The number of carbonyl (C=O) groups is 1. The zero-order valence-electron chi connectivity index (χ0n) is 9.65. The van der Waals surface area contributed by atoms with E-state index in [2.05, 4.69) is 15.5 Å². The monoisotopic (exact) mass is 258 g/mol. The fourth-order valence-corrected chi connectivity index (χ4v) is 2.61. The van der Waals surface area contributed by atoms with Gasteiger partial charge in [-0.25, -0.2) is 8.42 Å². The van der Waals surface area contributed by atoms with E-state index in [-0.39, 0.29) is 12.5 Å². The van der Waals surface area contributed by atoms with E-state index >= 15 is 0 Å². The lowest BCUT2D eigenvalue weighted by Crippen LogP contribution is -2.35. The van der Waals surface area contributed by atoms with Gasteiger partial charge in [0.15, 0.2) is 0 Å². The minimum atomic E-state index is -3.21. The van der Waals surface area contributed by atoms with Crippen molar-refractivity contribution in [3.8, 4) is 0 Å². The molecule has 2 rings (SSSR count). The minimum Gasteiger partial charge on any atom is -0.311 e. The minimum absolute atomic E-state index is 0.215. The maximum absolute atomic E-state index is 11.5. The van der Waals surface area contributed by atoms with Gasteiger partial charge < -0.3 is 5.32 Å². The molecule has 0 unspecified atom stereocenters. The zero-order valence-corrected chi connectivity index (χ0v) is 10.5. The molecule has 0 bridgehead atoms. The van der Waals surface area contributed by atoms with Crippen LogP contribution in [0, 0.1) is 0 Å². The largest absolute Gasteiger partial charge is 0.311 e. The summed E-state index contributed by atoms with van der Waals surface area (Å²) in [7, 11) is -3.21. The Kier molecular flexibility index (Phi) is 2.92. The van der Waals surface area contributed by atoms with Gasteiger partial charge >= 0.3 is 0 Å². The first-order valence-electron chi connectivity index (χ1n) is 5.17. The fraction of sp³-hybridized carbons (Fsp3) is 0.556. The summed E-state index contributed by atoms with van der Waals surface area (Å²) in [6, 6.07) is 0. The summed E-state index contributed by atoms with van der Waals surface area (Å²) in [6.07, 6.45) is 1.73. The molecule has 0 aromatic carbocycles. The highest BCUT2D eigenvalue weighted by atomic mass is 32.2. The number of anilines is 1. The Morgan fingerprint density at radius 2 is 2.24 bits per heavy atom. The van der Waals surface area contributed by atoms with Crippen LogP contribution in [0.2, 0.25) is 0 Å². The third-order valence-corrected chi connectivity index (χ3v) is 3.91. The van der Waals surface area contributed by atoms with E-state index in [1.54, 1.807) is 0 Å². The van der Waals surface area contributed by atoms with E-state index < -0.39 is 10.0 Å². The molecule has 1 aromatic rings. The maximum atomic E-state index is 11.5. The van der Waals surface area contributed by atoms with Crippen LogP contribution in [0.5, 0.6) is 0 Å². The van der Waals surface area contributed by atoms with Crippen molar-refractivity contribution in [2.75, 3.05) is 18.1 Å². The Balaban J connectivity index is 2.29. The molecule has 94 valence electrons. The molecule has 0 atom stereocenters. The normalized spacial score (nSPS) is 16.6. The van der Waals surface area contributed by atoms with Crippen molar-refractivity contribution >= 4 is 21.7 Å². The van der Waals surface area contributed by atoms with Crippen LogP contribution in [0.4, 0.5) is 5.82 Å². The van der Waals surface area contributed by atoms with Crippen molar-refractivity contribution in [3.63, 3.8) is 0 Å². The number of fused-ring (bicyclic) bond motifs is 1. The first-order valence-corrected chi connectivity index (χ1v) is 7.01. The molecule has 2 N–H and O–H groups in total. The van der Waals surface area contributed by atoms with E-state index in [4.69, 9.17) is 0 Å². The third-order valence-electron chi connectivity index (χ3n) is 2.66. The number of aromatic amines is 1. The van der Waals surface area contributed by atoms with Gasteiger partial charge in [-0.3, -0.25) is 9.89 Å². The highest BCUT2D eigenvalue weighted by Gasteiger charge is 2.27. The summed E-state index contributed by atoms with van der Waals surface area (Å²) in [5.41, 5.74) is 1.56. The molecule has 0 radical (unpaired) electrons. The van der Waals surface area contributed by atoms with Gasteiger partial charge in [-0.2, -0.15) is 9.40 Å². The van der Waals surface area contributed by atoms with Crippen LogP contribution >= 0.6 is 0 Å². The Morgan fingerprint density at radius 1 is 1.53 bits per heavy atom. The lowest BCUT2D eigenvalue weighted by atomic mass is 10.1. The Hall–Kier alpha value is -1.41. The third kappa shape index (κ3) is 2.47. The van der Waals surface area contributed by atoms with Gasteiger partial charge in [-0.15, -0.1) is 0 Å². The number of amides is 1. The zero-order chi connectivity index (χ0) is 12.6. The van der Waals surface area contributed by atoms with Gasteiger partial charge in [-0.05, 0) is 0 Å². The van der Waals surface area contributed by atoms with Crippen molar-refractivity contribution in [2.24, 2.45) is 0 Å². The first kappa shape index (κ1) is 12.1. The number of nitrogens with zero attached hydrogens (tertiary/aromatic N) is 2. The number of carbonyl (C=O) groups excluding carboxylic acids is 1. The summed E-state index contributed by atoms with van der Waals surface area (Å²) in [6.45, 7) is 2.07. The van der Waals surface area contributed by atoms with Crippen LogP contribution in [-0.2, 0) is 27.8 Å². The summed E-state index contributed by atoms with van der Waals surface area (Å²) in [5, 5.41) is 9.39. The predicted molar refractivity (Wildman–Crippen MR) is 61.8 cm³/mol. The highest BCUT2D eigenvalue weighted by Crippen LogP contribution is 2.24. The van der Waals surface area contributed by atoms with Crippen LogP contribution in [0.25, 0.3) is 0 Å². The van der Waals surface area contributed by atoms with Gasteiger partial charge in [0.05, 0.1) is 11.9 Å². The number of H-pyrrole nitrogens is 1. The number of hydrogen-bond donors (Lipinski definition) is 2. The molecule has 7 nitrogen and oxygen atoms in total. The molecular weight excluding hydrogens is 244 g/mol. The predicted octanol–water partition coefficient (Wildman–Crippen LogP) is -0.314. The first-order chi connectivity index (χ1) is 7.88. The molecule has 2 heterocycles. The number of aromatic nitrogens is 2.